The van der Waals surface area contributed by atoms with E-state index in [0.717, 1.165) is 42.2 Å². The number of amidine groups is 1. The number of hydrogen-bond acceptors (Lipinski definition) is 5. The number of nitriles is 1. The summed E-state index contributed by atoms with van der Waals surface area (Å²) in [6.45, 7) is 3.31. The van der Waals surface area contributed by atoms with Gasteiger partial charge in [0.15, 0.2) is 11.4 Å². The van der Waals surface area contributed by atoms with Crippen molar-refractivity contribution in [1.82, 2.24) is 5.32 Å². The fourth-order valence-electron chi connectivity index (χ4n) is 1.92. The average Bonchev–Trinajstić information content (AvgIpc) is 2.48. The third-order valence-electron chi connectivity index (χ3n) is 2.87. The molecule has 0 amide bonds. The Morgan fingerprint density at radius 1 is 1.50 bits per heavy atom. The number of thioether (sulfide) groups is 1. The second-order valence-corrected chi connectivity index (χ2v) is 5.74. The molecule has 1 aromatic carbocycles. The minimum absolute atomic E-state index is 0.582. The highest BCUT2D eigenvalue weighted by Crippen LogP contribution is 2.31. The van der Waals surface area contributed by atoms with E-state index in [1.165, 1.54) is 11.8 Å². The van der Waals surface area contributed by atoms with Crippen LogP contribution < -0.4 is 10.2 Å². The second-order valence-electron chi connectivity index (χ2n) is 4.09. The van der Waals surface area contributed by atoms with Gasteiger partial charge < -0.3 is 9.64 Å². The van der Waals surface area contributed by atoms with Crippen molar-refractivity contribution in [3.8, 4) is 6.19 Å². The van der Waals surface area contributed by atoms with Crippen LogP contribution in [0, 0.1) is 11.5 Å². The number of halogens is 1. The fourth-order valence-corrected chi connectivity index (χ4v) is 2.88. The molecule has 1 aromatic rings. The van der Waals surface area contributed by atoms with E-state index in [-0.39, 0.29) is 0 Å². The van der Waals surface area contributed by atoms with Gasteiger partial charge in [0.25, 0.3) is 0 Å². The highest BCUT2D eigenvalue weighted by atomic mass is 79.9. The molecule has 106 valence electrons. The van der Waals surface area contributed by atoms with Crippen LogP contribution in [-0.4, -0.2) is 37.7 Å². The van der Waals surface area contributed by atoms with Crippen LogP contribution in [-0.2, 0) is 4.74 Å². The van der Waals surface area contributed by atoms with Crippen LogP contribution in [0.4, 0.5) is 11.4 Å². The van der Waals surface area contributed by atoms with Gasteiger partial charge in [0.05, 0.1) is 24.6 Å². The first-order chi connectivity index (χ1) is 9.74. The number of ether oxygens (including phenoxy) is 1. The minimum atomic E-state index is 0.582. The number of nitrogens with one attached hydrogen (secondary N) is 1. The van der Waals surface area contributed by atoms with Gasteiger partial charge in [-0.1, -0.05) is 11.8 Å². The Hall–Kier alpha value is -1.23. The molecule has 1 saturated heterocycles. The summed E-state index contributed by atoms with van der Waals surface area (Å²) in [6, 6.07) is 5.95. The Morgan fingerprint density at radius 3 is 2.85 bits per heavy atom. The van der Waals surface area contributed by atoms with E-state index in [1.54, 1.807) is 0 Å². The van der Waals surface area contributed by atoms with Gasteiger partial charge in [0.1, 0.15) is 0 Å². The van der Waals surface area contributed by atoms with E-state index in [2.05, 4.69) is 31.1 Å². The average molecular weight is 355 g/mol. The van der Waals surface area contributed by atoms with Gasteiger partial charge in [-0.05, 0) is 40.4 Å². The maximum Gasteiger partial charge on any atom is 0.183 e. The van der Waals surface area contributed by atoms with Crippen LogP contribution in [0.5, 0.6) is 0 Å². The Balaban J connectivity index is 2.19. The van der Waals surface area contributed by atoms with E-state index in [0.29, 0.717) is 5.17 Å². The van der Waals surface area contributed by atoms with E-state index >= 15 is 0 Å². The molecule has 2 rings (SSSR count). The van der Waals surface area contributed by atoms with E-state index in [1.807, 2.05) is 30.6 Å². The van der Waals surface area contributed by atoms with Gasteiger partial charge in [-0.25, -0.2) is 4.99 Å². The molecule has 0 radical (unpaired) electrons. The summed E-state index contributed by atoms with van der Waals surface area (Å²) in [4.78, 5) is 6.67. The van der Waals surface area contributed by atoms with Gasteiger partial charge in [-0.15, -0.1) is 0 Å². The highest BCUT2D eigenvalue weighted by Gasteiger charge is 2.14. The summed E-state index contributed by atoms with van der Waals surface area (Å²) in [6.07, 6.45) is 3.76. The lowest BCUT2D eigenvalue weighted by Gasteiger charge is -2.29. The molecule has 0 spiro atoms. The Kier molecular flexibility index (Phi) is 5.71. The summed E-state index contributed by atoms with van der Waals surface area (Å²) in [5, 5.41) is 11.8. The van der Waals surface area contributed by atoms with Crippen molar-refractivity contribution in [2.75, 3.05) is 37.5 Å². The van der Waals surface area contributed by atoms with Gasteiger partial charge >= 0.3 is 0 Å². The summed E-state index contributed by atoms with van der Waals surface area (Å²) in [5.41, 5.74) is 1.95. The number of rotatable bonds is 2. The van der Waals surface area contributed by atoms with E-state index < -0.39 is 0 Å². The van der Waals surface area contributed by atoms with Gasteiger partial charge in [-0.3, -0.25) is 5.32 Å². The predicted molar refractivity (Wildman–Crippen MR) is 86.5 cm³/mol. The second kappa shape index (κ2) is 7.53. The first-order valence-electron chi connectivity index (χ1n) is 6.14. The van der Waals surface area contributed by atoms with Gasteiger partial charge in [-0.2, -0.15) is 5.26 Å². The molecule has 0 bridgehead atoms. The molecular weight excluding hydrogens is 340 g/mol. The van der Waals surface area contributed by atoms with Crippen molar-refractivity contribution in [1.29, 1.82) is 5.26 Å². The quantitative estimate of drug-likeness (QED) is 0.383. The van der Waals surface area contributed by atoms with Crippen LogP contribution in [0.2, 0.25) is 0 Å². The lowest BCUT2D eigenvalue weighted by Crippen LogP contribution is -2.36. The molecule has 20 heavy (non-hydrogen) atoms. The maximum atomic E-state index is 8.63. The number of benzene rings is 1. The molecule has 7 heteroatoms. The van der Waals surface area contributed by atoms with Crippen molar-refractivity contribution in [2.24, 2.45) is 4.99 Å². The summed E-state index contributed by atoms with van der Waals surface area (Å²) in [7, 11) is 0. The topological polar surface area (TPSA) is 60.6 Å². The molecule has 1 fully saturated rings. The van der Waals surface area contributed by atoms with Crippen LogP contribution in [0.15, 0.2) is 27.7 Å². The molecule has 1 heterocycles. The molecule has 1 aliphatic rings. The van der Waals surface area contributed by atoms with Crippen molar-refractivity contribution in [3.63, 3.8) is 0 Å². The first kappa shape index (κ1) is 15.2. The number of nitrogens with zero attached hydrogens (tertiary/aromatic N) is 3. The van der Waals surface area contributed by atoms with Crippen LogP contribution in [0.3, 0.4) is 0 Å². The molecular formula is C13H15BrN4OS. The smallest absolute Gasteiger partial charge is 0.183 e. The Bertz CT molecular complexity index is 538. The third-order valence-corrected chi connectivity index (χ3v) is 4.09. The zero-order valence-electron chi connectivity index (χ0n) is 11.1. The van der Waals surface area contributed by atoms with Crippen molar-refractivity contribution < 1.29 is 4.74 Å². The number of anilines is 1. The van der Waals surface area contributed by atoms with Crippen molar-refractivity contribution in [2.45, 2.75) is 0 Å². The molecule has 0 aromatic heterocycles. The normalized spacial score (nSPS) is 15.8. The molecule has 1 N–H and O–H groups in total. The zero-order chi connectivity index (χ0) is 14.4. The number of aliphatic imine (C=N–C) groups is 1. The molecule has 0 aliphatic carbocycles. The van der Waals surface area contributed by atoms with E-state index in [9.17, 15) is 0 Å². The van der Waals surface area contributed by atoms with Gasteiger partial charge in [0, 0.05) is 17.6 Å². The Labute approximate surface area is 131 Å². The third kappa shape index (κ3) is 3.88. The summed E-state index contributed by atoms with van der Waals surface area (Å²) >= 11 is 4.99. The standard InChI is InChI=1S/C13H15BrN4OS/c1-20-13(16-9-15)17-10-2-3-12(11(14)8-10)18-4-6-19-7-5-18/h2-3,8H,4-7H2,1H3,(H,16,17). The van der Waals surface area contributed by atoms with Crippen molar-refractivity contribution >= 4 is 44.2 Å². The summed E-state index contributed by atoms with van der Waals surface area (Å²) in [5.74, 6) is 0. The molecule has 0 atom stereocenters. The lowest BCUT2D eigenvalue weighted by atomic mass is 10.2. The van der Waals surface area contributed by atoms with Crippen LogP contribution >= 0.6 is 27.7 Å². The molecule has 1 aliphatic heterocycles. The summed E-state index contributed by atoms with van der Waals surface area (Å²) < 4.78 is 6.36. The number of morpholine rings is 1. The first-order valence-corrected chi connectivity index (χ1v) is 8.16. The fraction of sp³-hybridized carbons (Fsp3) is 0.385. The maximum absolute atomic E-state index is 8.63. The zero-order valence-corrected chi connectivity index (χ0v) is 13.5. The molecule has 5 nitrogen and oxygen atoms in total. The SMILES string of the molecule is CSC(=Nc1ccc(N2CCOCC2)c(Br)c1)NC#N. The van der Waals surface area contributed by atoms with Crippen LogP contribution in [0.25, 0.3) is 0 Å². The Morgan fingerprint density at radius 2 is 2.25 bits per heavy atom. The monoisotopic (exact) mass is 354 g/mol. The molecule has 0 unspecified atom stereocenters. The highest BCUT2D eigenvalue weighted by molar-refractivity contribution is 9.10. The van der Waals surface area contributed by atoms with Crippen LogP contribution in [0.1, 0.15) is 0 Å². The predicted octanol–water partition coefficient (Wildman–Crippen LogP) is 2.71. The van der Waals surface area contributed by atoms with E-state index in [4.69, 9.17) is 10.00 Å². The number of hydrogen-bond donors (Lipinski definition) is 1. The van der Waals surface area contributed by atoms with Gasteiger partial charge in [0.2, 0.25) is 0 Å². The van der Waals surface area contributed by atoms with Crippen molar-refractivity contribution in [3.05, 3.63) is 22.7 Å². The largest absolute Gasteiger partial charge is 0.378 e. The lowest BCUT2D eigenvalue weighted by molar-refractivity contribution is 0.122. The minimum Gasteiger partial charge on any atom is -0.378 e. The molecule has 0 saturated carbocycles.